The highest BCUT2D eigenvalue weighted by Gasteiger charge is 2.21. The van der Waals surface area contributed by atoms with Crippen molar-refractivity contribution in [1.82, 2.24) is 21.3 Å². The van der Waals surface area contributed by atoms with Gasteiger partial charge >= 0.3 is 0 Å². The maximum atomic E-state index is 8.36. The number of ether oxygens (including phenoxy) is 4. The summed E-state index contributed by atoms with van der Waals surface area (Å²) in [6, 6.07) is 34.7. The molecule has 310 valence electrons. The summed E-state index contributed by atoms with van der Waals surface area (Å²) in [4.78, 5) is 25.1. The summed E-state index contributed by atoms with van der Waals surface area (Å²) in [6.07, 6.45) is 3.65. The first-order chi connectivity index (χ1) is 27.8. The van der Waals surface area contributed by atoms with Crippen LogP contribution in [0.2, 0.25) is 0 Å². The number of hydrogen-bond donors (Lipinski definition) is 7. The summed E-state index contributed by atoms with van der Waals surface area (Å²) < 4.78 is 21.7. The standard InChI is InChI=1S/C40H52N4O4.3CH2O2/c1-45-37-13-5-29(6-14-37)21-33-25-42-35(23-31-9-17-39(47-3)18-10-31)27-44-36(24-32-11-19-40(48-4)20-12-32)28-43-34(26-41-33)22-30-7-15-38(46-2)16-8-30;3*2-1-3/h5-20,33-36,41-44H,21-28H2,1-4H3;3*1H,(H,2,3)/t33-,34-,35-,36-;;;/m0.../s1. The highest BCUT2D eigenvalue weighted by atomic mass is 16.5. The normalized spacial score (nSPS) is 18.0. The maximum Gasteiger partial charge on any atom is 0.290 e. The van der Waals surface area contributed by atoms with E-state index in [1.54, 1.807) is 28.4 Å². The number of nitrogens with one attached hydrogen (secondary N) is 4. The van der Waals surface area contributed by atoms with Crippen molar-refractivity contribution >= 4 is 19.4 Å². The van der Waals surface area contributed by atoms with Crippen LogP contribution in [0.4, 0.5) is 0 Å². The summed E-state index contributed by atoms with van der Waals surface area (Å²) in [5, 5.41) is 36.5. The van der Waals surface area contributed by atoms with E-state index in [0.29, 0.717) is 0 Å². The van der Waals surface area contributed by atoms with Gasteiger partial charge in [-0.2, -0.15) is 0 Å². The van der Waals surface area contributed by atoms with Crippen LogP contribution in [0.1, 0.15) is 22.3 Å². The van der Waals surface area contributed by atoms with E-state index < -0.39 is 0 Å². The van der Waals surface area contributed by atoms with Crippen LogP contribution < -0.4 is 40.2 Å². The van der Waals surface area contributed by atoms with Gasteiger partial charge in [0.05, 0.1) is 28.4 Å². The molecule has 4 atom stereocenters. The highest BCUT2D eigenvalue weighted by molar-refractivity contribution is 5.33. The molecule has 0 aromatic heterocycles. The largest absolute Gasteiger partial charge is 0.497 e. The third-order valence-corrected chi connectivity index (χ3v) is 9.18. The Morgan fingerprint density at radius 2 is 0.561 bits per heavy atom. The predicted octanol–water partition coefficient (Wildman–Crippen LogP) is 3.94. The molecule has 57 heavy (non-hydrogen) atoms. The highest BCUT2D eigenvalue weighted by Crippen LogP contribution is 2.17. The second kappa shape index (κ2) is 28.7. The van der Waals surface area contributed by atoms with Gasteiger partial charge in [-0.05, 0) is 96.5 Å². The van der Waals surface area contributed by atoms with Crippen molar-refractivity contribution in [2.75, 3.05) is 54.6 Å². The molecule has 14 nitrogen and oxygen atoms in total. The first kappa shape index (κ1) is 47.5. The zero-order chi connectivity index (χ0) is 41.7. The molecule has 0 amide bonds. The van der Waals surface area contributed by atoms with E-state index in [1.165, 1.54) is 22.3 Å². The fraction of sp³-hybridized carbons (Fsp3) is 0.372. The van der Waals surface area contributed by atoms with Crippen LogP contribution in [0.3, 0.4) is 0 Å². The molecule has 1 aliphatic rings. The van der Waals surface area contributed by atoms with E-state index in [1.807, 2.05) is 48.5 Å². The Hall–Kier alpha value is -5.67. The Bertz CT molecular complexity index is 1380. The molecule has 14 heteroatoms. The fourth-order valence-electron chi connectivity index (χ4n) is 6.29. The van der Waals surface area contributed by atoms with Gasteiger partial charge in [-0.25, -0.2) is 0 Å². The molecule has 4 aromatic rings. The summed E-state index contributed by atoms with van der Waals surface area (Å²) in [7, 11) is 6.84. The van der Waals surface area contributed by atoms with Crippen LogP contribution in [-0.2, 0) is 40.1 Å². The average molecular weight is 791 g/mol. The molecule has 0 radical (unpaired) electrons. The SMILES string of the molecule is COc1ccc(C[C@H]2CN[C@@H](Cc3ccc(OC)cc3)CN[C@@H](Cc3ccc(OC)cc3)CN[C@@H](Cc3ccc(OC)cc3)CN2)cc1.O=CO.O=CO.O=CO. The lowest BCUT2D eigenvalue weighted by atomic mass is 10.00. The number of methoxy groups -OCH3 is 4. The van der Waals surface area contributed by atoms with E-state index in [2.05, 4.69) is 69.8 Å². The third kappa shape index (κ3) is 19.2. The Morgan fingerprint density at radius 3 is 0.702 bits per heavy atom. The molecule has 4 aromatic carbocycles. The molecule has 0 spiro atoms. The van der Waals surface area contributed by atoms with E-state index >= 15 is 0 Å². The second-order valence-electron chi connectivity index (χ2n) is 12.9. The van der Waals surface area contributed by atoms with Crippen LogP contribution in [-0.4, -0.2) is 114 Å². The summed E-state index contributed by atoms with van der Waals surface area (Å²) in [5.74, 6) is 3.51. The average Bonchev–Trinajstić information content (AvgIpc) is 3.23. The van der Waals surface area contributed by atoms with Crippen molar-refractivity contribution in [2.45, 2.75) is 49.9 Å². The minimum atomic E-state index is -0.250. The van der Waals surface area contributed by atoms with Gasteiger partial charge in [-0.3, -0.25) is 14.4 Å². The van der Waals surface area contributed by atoms with Crippen LogP contribution in [0.15, 0.2) is 97.1 Å². The number of hydrogen-bond acceptors (Lipinski definition) is 11. The molecule has 0 saturated carbocycles. The van der Waals surface area contributed by atoms with Crippen LogP contribution in [0, 0.1) is 0 Å². The van der Waals surface area contributed by atoms with Gasteiger partial charge in [0.1, 0.15) is 23.0 Å². The molecule has 5 rings (SSSR count). The van der Waals surface area contributed by atoms with Crippen molar-refractivity contribution in [3.8, 4) is 23.0 Å². The Balaban J connectivity index is 0.00000114. The number of benzene rings is 4. The second-order valence-corrected chi connectivity index (χ2v) is 12.9. The molecule has 0 aliphatic carbocycles. The Kier molecular flexibility index (Phi) is 23.9. The molecule has 1 aliphatic heterocycles. The van der Waals surface area contributed by atoms with E-state index in [0.717, 1.165) is 74.9 Å². The van der Waals surface area contributed by atoms with Crippen molar-refractivity contribution in [3.05, 3.63) is 119 Å². The molecule has 0 bridgehead atoms. The molecule has 1 heterocycles. The first-order valence-electron chi connectivity index (χ1n) is 18.5. The van der Waals surface area contributed by atoms with Crippen LogP contribution >= 0.6 is 0 Å². The predicted molar refractivity (Wildman–Crippen MR) is 220 cm³/mol. The molecule has 7 N–H and O–H groups in total. The number of carboxylic acid groups (broad SMARTS) is 3. The number of rotatable bonds is 12. The Morgan fingerprint density at radius 1 is 0.404 bits per heavy atom. The quantitative estimate of drug-likeness (QED) is 0.102. The zero-order valence-corrected chi connectivity index (χ0v) is 33.1. The lowest BCUT2D eigenvalue weighted by molar-refractivity contribution is -0.123. The summed E-state index contributed by atoms with van der Waals surface area (Å²) in [5.41, 5.74) is 5.13. The van der Waals surface area contributed by atoms with E-state index in [4.69, 9.17) is 48.7 Å². The zero-order valence-electron chi connectivity index (χ0n) is 33.1. The van der Waals surface area contributed by atoms with Crippen molar-refractivity contribution in [1.29, 1.82) is 0 Å². The lowest BCUT2D eigenvalue weighted by Crippen LogP contribution is -2.55. The number of carbonyl (C=O) groups is 3. The first-order valence-corrected chi connectivity index (χ1v) is 18.5. The minimum absolute atomic E-state index is 0.242. The van der Waals surface area contributed by atoms with Crippen molar-refractivity contribution < 1.29 is 48.7 Å². The molecule has 1 fully saturated rings. The third-order valence-electron chi connectivity index (χ3n) is 9.18. The van der Waals surface area contributed by atoms with Crippen molar-refractivity contribution in [3.63, 3.8) is 0 Å². The Labute approximate surface area is 335 Å². The topological polar surface area (TPSA) is 197 Å². The minimum Gasteiger partial charge on any atom is -0.497 e. The molecule has 1 saturated heterocycles. The smallest absolute Gasteiger partial charge is 0.290 e. The summed E-state index contributed by atoms with van der Waals surface area (Å²) in [6.45, 7) is 2.61. The lowest BCUT2D eigenvalue weighted by Gasteiger charge is -2.31. The van der Waals surface area contributed by atoms with E-state index in [9.17, 15) is 0 Å². The fourth-order valence-corrected chi connectivity index (χ4v) is 6.29. The summed E-state index contributed by atoms with van der Waals surface area (Å²) >= 11 is 0. The van der Waals surface area contributed by atoms with Crippen molar-refractivity contribution in [2.24, 2.45) is 0 Å². The van der Waals surface area contributed by atoms with Gasteiger partial charge in [-0.15, -0.1) is 0 Å². The van der Waals surface area contributed by atoms with Gasteiger partial charge in [0.2, 0.25) is 0 Å². The van der Waals surface area contributed by atoms with Gasteiger partial charge < -0.3 is 55.5 Å². The van der Waals surface area contributed by atoms with Crippen LogP contribution in [0.5, 0.6) is 23.0 Å². The van der Waals surface area contributed by atoms with Gasteiger partial charge in [0, 0.05) is 50.3 Å². The van der Waals surface area contributed by atoms with Gasteiger partial charge in [0.25, 0.3) is 19.4 Å². The molecular formula is C43H58N4O10. The monoisotopic (exact) mass is 790 g/mol. The van der Waals surface area contributed by atoms with Gasteiger partial charge in [0.15, 0.2) is 0 Å². The molecule has 0 unspecified atom stereocenters. The molecular weight excluding hydrogens is 732 g/mol. The maximum absolute atomic E-state index is 8.36. The van der Waals surface area contributed by atoms with Gasteiger partial charge in [-0.1, -0.05) is 48.5 Å². The van der Waals surface area contributed by atoms with E-state index in [-0.39, 0.29) is 43.6 Å². The van der Waals surface area contributed by atoms with Crippen LogP contribution in [0.25, 0.3) is 0 Å².